The summed E-state index contributed by atoms with van der Waals surface area (Å²) in [5.41, 5.74) is 1.30. The van der Waals surface area contributed by atoms with Gasteiger partial charge in [0.1, 0.15) is 0 Å². The maximum atomic E-state index is 13.5. The Bertz CT molecular complexity index is 745. The van der Waals surface area contributed by atoms with E-state index in [0.29, 0.717) is 18.1 Å². The standard InChI is InChI=1S/C23H37N5O2/c1-18(2)27-16-20(13-24-27)14-25-9-5-21(6-10-25)28-22(29)26(15-19-3-4-19)17-23(28)7-11-30-12-8-23/h13,16,18-19,21H,3-12,14-15,17H2,1-2H3. The van der Waals surface area contributed by atoms with E-state index in [1.807, 2.05) is 10.9 Å². The maximum absolute atomic E-state index is 13.5. The lowest BCUT2D eigenvalue weighted by Gasteiger charge is -2.46. The molecule has 166 valence electrons. The lowest BCUT2D eigenvalue weighted by Crippen LogP contribution is -2.57. The van der Waals surface area contributed by atoms with Crippen molar-refractivity contribution in [2.45, 2.75) is 76.5 Å². The number of likely N-dealkylation sites (tertiary alicyclic amines) is 1. The van der Waals surface area contributed by atoms with Gasteiger partial charge >= 0.3 is 6.03 Å². The van der Waals surface area contributed by atoms with Crippen molar-refractivity contribution in [3.63, 3.8) is 0 Å². The van der Waals surface area contributed by atoms with Gasteiger partial charge in [0.05, 0.1) is 11.7 Å². The van der Waals surface area contributed by atoms with E-state index in [4.69, 9.17) is 4.74 Å². The minimum atomic E-state index is 0.00939. The quantitative estimate of drug-likeness (QED) is 0.716. The van der Waals surface area contributed by atoms with E-state index in [1.165, 1.54) is 18.4 Å². The zero-order valence-corrected chi connectivity index (χ0v) is 18.6. The Morgan fingerprint density at radius 2 is 1.90 bits per heavy atom. The second kappa shape index (κ2) is 8.15. The second-order valence-electron chi connectivity index (χ2n) is 10.2. The number of hydrogen-bond donors (Lipinski definition) is 0. The van der Waals surface area contributed by atoms with Gasteiger partial charge in [-0.05, 0) is 58.3 Å². The molecule has 1 saturated carbocycles. The highest BCUT2D eigenvalue weighted by atomic mass is 16.5. The largest absolute Gasteiger partial charge is 0.381 e. The van der Waals surface area contributed by atoms with Gasteiger partial charge in [0.25, 0.3) is 0 Å². The average molecular weight is 416 g/mol. The van der Waals surface area contributed by atoms with E-state index < -0.39 is 0 Å². The molecule has 4 heterocycles. The van der Waals surface area contributed by atoms with Gasteiger partial charge in [-0.15, -0.1) is 0 Å². The van der Waals surface area contributed by atoms with Crippen LogP contribution in [0.4, 0.5) is 4.79 Å². The van der Waals surface area contributed by atoms with Gasteiger partial charge < -0.3 is 14.5 Å². The third-order valence-electron chi connectivity index (χ3n) is 7.58. The van der Waals surface area contributed by atoms with Crippen LogP contribution in [0.2, 0.25) is 0 Å². The summed E-state index contributed by atoms with van der Waals surface area (Å²) in [5, 5.41) is 4.48. The van der Waals surface area contributed by atoms with Crippen molar-refractivity contribution < 1.29 is 9.53 Å². The normalized spacial score (nSPS) is 25.8. The summed E-state index contributed by atoms with van der Waals surface area (Å²) in [6.45, 7) is 10.9. The molecule has 0 bridgehead atoms. The number of carbonyl (C=O) groups is 1. The van der Waals surface area contributed by atoms with Crippen LogP contribution >= 0.6 is 0 Å². The Balaban J connectivity index is 1.23. The van der Waals surface area contributed by atoms with Crippen molar-refractivity contribution in [3.8, 4) is 0 Å². The molecule has 7 nitrogen and oxygen atoms in total. The van der Waals surface area contributed by atoms with Crippen molar-refractivity contribution in [1.29, 1.82) is 0 Å². The molecule has 1 aromatic heterocycles. The second-order valence-corrected chi connectivity index (χ2v) is 10.2. The molecule has 1 aliphatic carbocycles. The number of aromatic nitrogens is 2. The minimum Gasteiger partial charge on any atom is -0.381 e. The fourth-order valence-corrected chi connectivity index (χ4v) is 5.64. The van der Waals surface area contributed by atoms with Crippen molar-refractivity contribution in [1.82, 2.24) is 24.5 Å². The number of ether oxygens (including phenoxy) is 1. The predicted octanol–water partition coefficient (Wildman–Crippen LogP) is 3.13. The third-order valence-corrected chi connectivity index (χ3v) is 7.58. The van der Waals surface area contributed by atoms with Gasteiger partial charge in [-0.1, -0.05) is 0 Å². The Labute approximate surface area is 180 Å². The molecule has 0 N–H and O–H groups in total. The molecular formula is C23H37N5O2. The average Bonchev–Trinajstić information content (AvgIpc) is 3.36. The van der Waals surface area contributed by atoms with Gasteiger partial charge in [0.2, 0.25) is 0 Å². The molecule has 1 spiro atoms. The molecule has 0 radical (unpaired) electrons. The van der Waals surface area contributed by atoms with Crippen LogP contribution in [0.5, 0.6) is 0 Å². The first-order valence-corrected chi connectivity index (χ1v) is 12.0. The molecule has 7 heteroatoms. The molecule has 2 amide bonds. The number of amides is 2. The summed E-state index contributed by atoms with van der Waals surface area (Å²) in [4.78, 5) is 20.5. The number of carbonyl (C=O) groups excluding carboxylic acids is 1. The van der Waals surface area contributed by atoms with Crippen LogP contribution in [-0.4, -0.2) is 81.5 Å². The highest BCUT2D eigenvalue weighted by Gasteiger charge is 2.53. The van der Waals surface area contributed by atoms with Crippen LogP contribution in [0.15, 0.2) is 12.4 Å². The Kier molecular flexibility index (Phi) is 5.52. The monoisotopic (exact) mass is 415 g/mol. The summed E-state index contributed by atoms with van der Waals surface area (Å²) >= 11 is 0. The molecule has 0 atom stereocenters. The van der Waals surface area contributed by atoms with E-state index >= 15 is 0 Å². The van der Waals surface area contributed by atoms with E-state index in [0.717, 1.165) is 77.5 Å². The number of piperidine rings is 1. The van der Waals surface area contributed by atoms with Crippen LogP contribution in [0.3, 0.4) is 0 Å². The fraction of sp³-hybridized carbons (Fsp3) is 0.826. The van der Waals surface area contributed by atoms with Gasteiger partial charge in [0, 0.05) is 69.8 Å². The Morgan fingerprint density at radius 1 is 1.17 bits per heavy atom. The number of hydrogen-bond acceptors (Lipinski definition) is 4. The number of urea groups is 1. The molecule has 3 aliphatic heterocycles. The molecule has 4 fully saturated rings. The first-order chi connectivity index (χ1) is 14.5. The molecular weight excluding hydrogens is 378 g/mol. The number of nitrogens with zero attached hydrogens (tertiary/aromatic N) is 5. The van der Waals surface area contributed by atoms with E-state index in [9.17, 15) is 4.79 Å². The van der Waals surface area contributed by atoms with Gasteiger partial charge in [-0.3, -0.25) is 9.58 Å². The number of rotatable bonds is 6. The predicted molar refractivity (Wildman–Crippen MR) is 115 cm³/mol. The van der Waals surface area contributed by atoms with Crippen molar-refractivity contribution in [2.75, 3.05) is 39.4 Å². The summed E-state index contributed by atoms with van der Waals surface area (Å²) in [5.74, 6) is 0.749. The molecule has 4 aliphatic rings. The lowest BCUT2D eigenvalue weighted by atomic mass is 9.86. The molecule has 30 heavy (non-hydrogen) atoms. The van der Waals surface area contributed by atoms with Crippen LogP contribution < -0.4 is 0 Å². The molecule has 1 aromatic rings. The zero-order chi connectivity index (χ0) is 20.7. The lowest BCUT2D eigenvalue weighted by molar-refractivity contribution is -0.0167. The highest BCUT2D eigenvalue weighted by Crippen LogP contribution is 2.41. The van der Waals surface area contributed by atoms with Crippen molar-refractivity contribution in [2.24, 2.45) is 5.92 Å². The van der Waals surface area contributed by atoms with E-state index in [-0.39, 0.29) is 5.54 Å². The van der Waals surface area contributed by atoms with Crippen LogP contribution in [0.25, 0.3) is 0 Å². The van der Waals surface area contributed by atoms with Crippen molar-refractivity contribution >= 4 is 6.03 Å². The van der Waals surface area contributed by atoms with Crippen LogP contribution in [-0.2, 0) is 11.3 Å². The molecule has 0 aromatic carbocycles. The van der Waals surface area contributed by atoms with Crippen LogP contribution in [0.1, 0.15) is 64.0 Å². The van der Waals surface area contributed by atoms with Crippen LogP contribution in [0, 0.1) is 5.92 Å². The smallest absolute Gasteiger partial charge is 0.320 e. The van der Waals surface area contributed by atoms with Gasteiger partial charge in [0.15, 0.2) is 0 Å². The first-order valence-electron chi connectivity index (χ1n) is 12.0. The van der Waals surface area contributed by atoms with Gasteiger partial charge in [-0.2, -0.15) is 5.10 Å². The molecule has 3 saturated heterocycles. The SMILES string of the molecule is CC(C)n1cc(CN2CCC(N3C(=O)N(CC4CC4)CC34CCOCC4)CC2)cn1. The highest BCUT2D eigenvalue weighted by molar-refractivity contribution is 5.78. The zero-order valence-electron chi connectivity index (χ0n) is 18.6. The molecule has 5 rings (SSSR count). The summed E-state index contributed by atoms with van der Waals surface area (Å²) in [6.07, 6.45) is 10.9. The maximum Gasteiger partial charge on any atom is 0.320 e. The third kappa shape index (κ3) is 3.98. The van der Waals surface area contributed by atoms with E-state index in [1.54, 1.807) is 0 Å². The minimum absolute atomic E-state index is 0.00939. The summed E-state index contributed by atoms with van der Waals surface area (Å²) in [7, 11) is 0. The summed E-state index contributed by atoms with van der Waals surface area (Å²) < 4.78 is 7.72. The fourth-order valence-electron chi connectivity index (χ4n) is 5.64. The van der Waals surface area contributed by atoms with Crippen molar-refractivity contribution in [3.05, 3.63) is 18.0 Å². The Hall–Kier alpha value is -1.60. The Morgan fingerprint density at radius 3 is 2.53 bits per heavy atom. The first kappa shape index (κ1) is 20.3. The summed E-state index contributed by atoms with van der Waals surface area (Å²) in [6, 6.07) is 1.08. The van der Waals surface area contributed by atoms with Gasteiger partial charge in [-0.25, -0.2) is 4.79 Å². The topological polar surface area (TPSA) is 53.8 Å². The van der Waals surface area contributed by atoms with E-state index in [2.05, 4.69) is 39.8 Å². The molecule has 0 unspecified atom stereocenters.